The van der Waals surface area contributed by atoms with E-state index in [-0.39, 0.29) is 17.0 Å². The topological polar surface area (TPSA) is 12.0 Å². The van der Waals surface area contributed by atoms with E-state index >= 15 is 0 Å². The van der Waals surface area contributed by atoms with Crippen LogP contribution >= 0.6 is 32.9 Å². The average Bonchev–Trinajstić information content (AvgIpc) is 1.94. The highest BCUT2D eigenvalue weighted by Gasteiger charge is 1.92. The molecule has 0 aliphatic heterocycles. The second-order valence-corrected chi connectivity index (χ2v) is 2.86. The summed E-state index contributed by atoms with van der Waals surface area (Å²) in [6.45, 7) is 3.04. The van der Waals surface area contributed by atoms with E-state index in [0.29, 0.717) is 0 Å². The predicted molar refractivity (Wildman–Crippen MR) is 58.6 cm³/mol. The molecule has 0 aliphatic rings. The summed E-state index contributed by atoms with van der Waals surface area (Å²) in [7, 11) is 0. The fourth-order valence-electron chi connectivity index (χ4n) is 0.795. The van der Waals surface area contributed by atoms with E-state index in [4.69, 9.17) is 0 Å². The summed E-state index contributed by atoms with van der Waals surface area (Å²) in [4.78, 5) is 0. The van der Waals surface area contributed by atoms with Gasteiger partial charge in [0.2, 0.25) is 0 Å². The van der Waals surface area contributed by atoms with Crippen LogP contribution in [-0.2, 0) is 0 Å². The van der Waals surface area contributed by atoms with Gasteiger partial charge in [-0.3, -0.25) is 0 Å². The molecule has 0 heterocycles. The molecule has 3 heteroatoms. The Hall–Kier alpha value is -0.0200. The summed E-state index contributed by atoms with van der Waals surface area (Å²) in [5, 5.41) is 3.23. The van der Waals surface area contributed by atoms with Crippen LogP contribution in [0.25, 0.3) is 0 Å². The van der Waals surface area contributed by atoms with Crippen LogP contribution in [0.3, 0.4) is 0 Å². The zero-order chi connectivity index (χ0) is 7.40. The molecule has 0 aromatic heterocycles. The van der Waals surface area contributed by atoms with Crippen molar-refractivity contribution in [1.29, 1.82) is 0 Å². The summed E-state index contributed by atoms with van der Waals surface area (Å²) in [6.07, 6.45) is 0. The molecular formula is C8H11Br2N. The number of hydrogen-bond donors (Lipinski definition) is 1. The summed E-state index contributed by atoms with van der Waals surface area (Å²) < 4.78 is 1.12. The summed E-state index contributed by atoms with van der Waals surface area (Å²) in [5.41, 5.74) is 1.16. The molecule has 0 saturated heterocycles. The largest absolute Gasteiger partial charge is 0.384 e. The maximum absolute atomic E-state index is 3.43. The molecule has 0 radical (unpaired) electrons. The van der Waals surface area contributed by atoms with Crippen molar-refractivity contribution in [2.45, 2.75) is 6.92 Å². The van der Waals surface area contributed by atoms with Crippen LogP contribution in [0.2, 0.25) is 0 Å². The number of hydrogen-bond acceptors (Lipinski definition) is 1. The number of anilines is 1. The highest BCUT2D eigenvalue weighted by Crippen LogP contribution is 2.20. The number of benzene rings is 1. The molecule has 1 rings (SSSR count). The van der Waals surface area contributed by atoms with E-state index in [1.807, 2.05) is 24.3 Å². The SMILES string of the molecule is Br.CCNc1ccccc1Br. The normalized spacial score (nSPS) is 8.55. The lowest BCUT2D eigenvalue weighted by molar-refractivity contribution is 1.21. The van der Waals surface area contributed by atoms with Crippen molar-refractivity contribution in [2.24, 2.45) is 0 Å². The van der Waals surface area contributed by atoms with E-state index < -0.39 is 0 Å². The maximum Gasteiger partial charge on any atom is 0.0484 e. The molecular weight excluding hydrogens is 270 g/mol. The summed E-state index contributed by atoms with van der Waals surface area (Å²) in [5.74, 6) is 0. The molecule has 0 fully saturated rings. The number of nitrogens with one attached hydrogen (secondary N) is 1. The third-order valence-corrected chi connectivity index (χ3v) is 1.93. The molecule has 0 atom stereocenters. The van der Waals surface area contributed by atoms with E-state index in [1.54, 1.807) is 0 Å². The third-order valence-electron chi connectivity index (χ3n) is 1.24. The van der Waals surface area contributed by atoms with Gasteiger partial charge in [0.15, 0.2) is 0 Å². The van der Waals surface area contributed by atoms with E-state index in [1.165, 1.54) is 0 Å². The van der Waals surface area contributed by atoms with Gasteiger partial charge in [-0.2, -0.15) is 0 Å². The first-order valence-electron chi connectivity index (χ1n) is 3.33. The van der Waals surface area contributed by atoms with Crippen molar-refractivity contribution in [3.63, 3.8) is 0 Å². The fourth-order valence-corrected chi connectivity index (χ4v) is 1.22. The van der Waals surface area contributed by atoms with Gasteiger partial charge in [0.25, 0.3) is 0 Å². The Morgan fingerprint density at radius 3 is 2.55 bits per heavy atom. The Morgan fingerprint density at radius 2 is 2.00 bits per heavy atom. The molecule has 0 aliphatic carbocycles. The molecule has 0 spiro atoms. The van der Waals surface area contributed by atoms with E-state index in [0.717, 1.165) is 16.7 Å². The maximum atomic E-state index is 3.43. The van der Waals surface area contributed by atoms with Gasteiger partial charge in [-0.25, -0.2) is 0 Å². The Morgan fingerprint density at radius 1 is 1.36 bits per heavy atom. The molecule has 1 N–H and O–H groups in total. The van der Waals surface area contributed by atoms with Crippen LogP contribution in [0.4, 0.5) is 5.69 Å². The lowest BCUT2D eigenvalue weighted by Crippen LogP contribution is -1.96. The molecule has 1 aromatic rings. The zero-order valence-corrected chi connectivity index (χ0v) is 9.60. The van der Waals surface area contributed by atoms with Gasteiger partial charge in [0, 0.05) is 16.7 Å². The Kier molecular flexibility index (Phi) is 5.60. The lowest BCUT2D eigenvalue weighted by atomic mass is 10.3. The Balaban J connectivity index is 0.000001000. The average molecular weight is 281 g/mol. The molecule has 0 amide bonds. The lowest BCUT2D eigenvalue weighted by Gasteiger charge is -2.03. The molecule has 0 unspecified atom stereocenters. The zero-order valence-electron chi connectivity index (χ0n) is 6.30. The van der Waals surface area contributed by atoms with Crippen LogP contribution in [0.15, 0.2) is 28.7 Å². The predicted octanol–water partition coefficient (Wildman–Crippen LogP) is 3.46. The molecule has 62 valence electrons. The van der Waals surface area contributed by atoms with Crippen LogP contribution in [0.5, 0.6) is 0 Å². The number of halogens is 2. The van der Waals surface area contributed by atoms with Crippen molar-refractivity contribution < 1.29 is 0 Å². The van der Waals surface area contributed by atoms with Crippen LogP contribution in [0, 0.1) is 0 Å². The number of rotatable bonds is 2. The van der Waals surface area contributed by atoms with Crippen molar-refractivity contribution in [2.75, 3.05) is 11.9 Å². The van der Waals surface area contributed by atoms with E-state index in [9.17, 15) is 0 Å². The van der Waals surface area contributed by atoms with Gasteiger partial charge in [-0.05, 0) is 35.0 Å². The summed E-state index contributed by atoms with van der Waals surface area (Å²) in [6, 6.07) is 8.10. The Labute approximate surface area is 86.1 Å². The smallest absolute Gasteiger partial charge is 0.0484 e. The highest BCUT2D eigenvalue weighted by molar-refractivity contribution is 9.10. The van der Waals surface area contributed by atoms with Crippen molar-refractivity contribution >= 4 is 38.6 Å². The second kappa shape index (κ2) is 5.61. The van der Waals surface area contributed by atoms with Gasteiger partial charge >= 0.3 is 0 Å². The first-order chi connectivity index (χ1) is 4.84. The minimum Gasteiger partial charge on any atom is -0.384 e. The standard InChI is InChI=1S/C8H10BrN.BrH/c1-2-10-8-6-4-3-5-7(8)9;/h3-6,10H,2H2,1H3;1H. The van der Waals surface area contributed by atoms with Gasteiger partial charge in [0.05, 0.1) is 0 Å². The first-order valence-corrected chi connectivity index (χ1v) is 4.12. The first kappa shape index (κ1) is 11.0. The summed E-state index contributed by atoms with van der Waals surface area (Å²) >= 11 is 3.43. The minimum absolute atomic E-state index is 0. The molecule has 0 bridgehead atoms. The van der Waals surface area contributed by atoms with E-state index in [2.05, 4.69) is 28.2 Å². The molecule has 11 heavy (non-hydrogen) atoms. The van der Waals surface area contributed by atoms with Crippen LogP contribution in [-0.4, -0.2) is 6.54 Å². The van der Waals surface area contributed by atoms with Crippen LogP contribution in [0.1, 0.15) is 6.92 Å². The van der Waals surface area contributed by atoms with Gasteiger partial charge in [0.1, 0.15) is 0 Å². The van der Waals surface area contributed by atoms with Crippen molar-refractivity contribution in [1.82, 2.24) is 0 Å². The van der Waals surface area contributed by atoms with Crippen molar-refractivity contribution in [3.05, 3.63) is 28.7 Å². The van der Waals surface area contributed by atoms with Gasteiger partial charge in [-0.1, -0.05) is 12.1 Å². The van der Waals surface area contributed by atoms with Crippen molar-refractivity contribution in [3.8, 4) is 0 Å². The van der Waals surface area contributed by atoms with Gasteiger partial charge < -0.3 is 5.32 Å². The molecule has 1 aromatic carbocycles. The highest BCUT2D eigenvalue weighted by atomic mass is 79.9. The fraction of sp³-hybridized carbons (Fsp3) is 0.250. The quantitative estimate of drug-likeness (QED) is 0.875. The third kappa shape index (κ3) is 3.25. The Bertz CT molecular complexity index is 213. The molecule has 0 saturated carbocycles. The van der Waals surface area contributed by atoms with Gasteiger partial charge in [-0.15, -0.1) is 17.0 Å². The number of para-hydroxylation sites is 1. The minimum atomic E-state index is 0. The molecule has 1 nitrogen and oxygen atoms in total. The second-order valence-electron chi connectivity index (χ2n) is 2.01. The monoisotopic (exact) mass is 279 g/mol. The van der Waals surface area contributed by atoms with Crippen LogP contribution < -0.4 is 5.32 Å².